The third kappa shape index (κ3) is 4.09. The highest BCUT2D eigenvalue weighted by Crippen LogP contribution is 2.30. The van der Waals surface area contributed by atoms with E-state index in [1.165, 1.54) is 0 Å². The van der Waals surface area contributed by atoms with Crippen LogP contribution in [0.15, 0.2) is 91.1 Å². The van der Waals surface area contributed by atoms with Crippen molar-refractivity contribution in [3.63, 3.8) is 0 Å². The Morgan fingerprint density at radius 1 is 0.897 bits per heavy atom. The maximum atomic E-state index is 12.6. The number of aromatic nitrogens is 1. The quantitative estimate of drug-likeness (QED) is 0.296. The Hall–Kier alpha value is -3.72. The average Bonchev–Trinajstić information content (AvgIpc) is 2.78. The lowest BCUT2D eigenvalue weighted by molar-refractivity contribution is 0.104. The molecule has 0 bridgehead atoms. The molecule has 3 nitrogen and oxygen atoms in total. The second-order valence-corrected chi connectivity index (χ2v) is 6.62. The molecule has 0 amide bonds. The molecule has 0 aliphatic carbocycles. The van der Waals surface area contributed by atoms with E-state index in [4.69, 9.17) is 4.74 Å². The number of allylic oxidation sites excluding steroid dienone is 1. The van der Waals surface area contributed by atoms with Gasteiger partial charge in [0.05, 0.1) is 12.1 Å². The topological polar surface area (TPSA) is 39.2 Å². The summed E-state index contributed by atoms with van der Waals surface area (Å²) < 4.78 is 5.44. The van der Waals surface area contributed by atoms with E-state index in [9.17, 15) is 4.79 Å². The maximum absolute atomic E-state index is 12.6. The number of ether oxygens (including phenoxy) is 1. The zero-order valence-electron chi connectivity index (χ0n) is 16.2. The molecular weight excluding hydrogens is 358 g/mol. The number of ketones is 1. The predicted octanol–water partition coefficient (Wildman–Crippen LogP) is 6.20. The number of fused-ring (bicyclic) bond motifs is 1. The number of carbonyl (C=O) groups excluding carboxylic acids is 1. The van der Waals surface area contributed by atoms with Crippen LogP contribution < -0.4 is 4.74 Å². The van der Waals surface area contributed by atoms with Crippen LogP contribution in [0.1, 0.15) is 22.8 Å². The predicted molar refractivity (Wildman–Crippen MR) is 118 cm³/mol. The van der Waals surface area contributed by atoms with Crippen molar-refractivity contribution in [2.75, 3.05) is 6.61 Å². The first-order valence-corrected chi connectivity index (χ1v) is 9.64. The van der Waals surface area contributed by atoms with Crippen molar-refractivity contribution < 1.29 is 9.53 Å². The van der Waals surface area contributed by atoms with E-state index >= 15 is 0 Å². The Balaban J connectivity index is 1.66. The lowest BCUT2D eigenvalue weighted by Crippen LogP contribution is -1.96. The molecule has 3 heteroatoms. The number of pyridine rings is 1. The fraction of sp³-hybridized carbons (Fsp3) is 0.0769. The van der Waals surface area contributed by atoms with Crippen molar-refractivity contribution in [2.45, 2.75) is 6.92 Å². The zero-order valence-corrected chi connectivity index (χ0v) is 16.2. The molecular formula is C26H21NO2. The average molecular weight is 379 g/mol. The fourth-order valence-electron chi connectivity index (χ4n) is 3.36. The summed E-state index contributed by atoms with van der Waals surface area (Å²) in [6.45, 7) is 2.54. The van der Waals surface area contributed by atoms with Gasteiger partial charge >= 0.3 is 0 Å². The molecule has 0 fully saturated rings. The molecule has 0 atom stereocenters. The lowest BCUT2D eigenvalue weighted by Gasteiger charge is -2.09. The lowest BCUT2D eigenvalue weighted by atomic mass is 9.96. The second kappa shape index (κ2) is 8.53. The zero-order chi connectivity index (χ0) is 20.1. The summed E-state index contributed by atoms with van der Waals surface area (Å²) in [7, 11) is 0. The first kappa shape index (κ1) is 18.6. The van der Waals surface area contributed by atoms with E-state index in [-0.39, 0.29) is 5.78 Å². The normalized spacial score (nSPS) is 11.1. The van der Waals surface area contributed by atoms with Gasteiger partial charge in [0.25, 0.3) is 0 Å². The first-order chi connectivity index (χ1) is 14.3. The maximum Gasteiger partial charge on any atom is 0.185 e. The highest BCUT2D eigenvalue weighted by Gasteiger charge is 2.08. The van der Waals surface area contributed by atoms with Crippen molar-refractivity contribution in [3.05, 3.63) is 102 Å². The van der Waals surface area contributed by atoms with Crippen LogP contribution in [0.5, 0.6) is 5.75 Å². The Labute approximate surface area is 170 Å². The van der Waals surface area contributed by atoms with Gasteiger partial charge in [-0.25, -0.2) is 0 Å². The smallest absolute Gasteiger partial charge is 0.185 e. The molecule has 0 spiro atoms. The minimum Gasteiger partial charge on any atom is -0.494 e. The summed E-state index contributed by atoms with van der Waals surface area (Å²) in [5, 5.41) is 1.09. The van der Waals surface area contributed by atoms with E-state index < -0.39 is 0 Å². The van der Waals surface area contributed by atoms with Gasteiger partial charge < -0.3 is 4.74 Å². The SMILES string of the molecule is CCOc1ccc(C(=O)/C=C/c2ccccc2-c2ccnc3ccccc23)cc1. The van der Waals surface area contributed by atoms with E-state index in [1.54, 1.807) is 18.2 Å². The van der Waals surface area contributed by atoms with E-state index in [2.05, 4.69) is 17.1 Å². The molecule has 0 saturated carbocycles. The molecule has 3 aromatic carbocycles. The molecule has 0 radical (unpaired) electrons. The standard InChI is InChI=1S/C26H21NO2/c1-2-29-21-14-11-20(12-15-21)26(28)16-13-19-7-3-4-8-22(19)23-17-18-27-25-10-6-5-9-24(23)25/h3-18H,2H2,1H3/b16-13+. The Morgan fingerprint density at radius 2 is 1.66 bits per heavy atom. The minimum absolute atomic E-state index is 0.0394. The molecule has 0 unspecified atom stereocenters. The Morgan fingerprint density at radius 3 is 2.48 bits per heavy atom. The second-order valence-electron chi connectivity index (χ2n) is 6.62. The summed E-state index contributed by atoms with van der Waals surface area (Å²) in [5.74, 6) is 0.727. The van der Waals surface area contributed by atoms with E-state index in [0.717, 1.165) is 33.3 Å². The van der Waals surface area contributed by atoms with Gasteiger partial charge in [0.1, 0.15) is 5.75 Å². The Bertz CT molecular complexity index is 1170. The monoisotopic (exact) mass is 379 g/mol. The van der Waals surface area contributed by atoms with Gasteiger partial charge in [-0.3, -0.25) is 9.78 Å². The van der Waals surface area contributed by atoms with Gasteiger partial charge in [0.15, 0.2) is 5.78 Å². The van der Waals surface area contributed by atoms with E-state index in [1.807, 2.05) is 73.8 Å². The fourth-order valence-corrected chi connectivity index (χ4v) is 3.36. The number of hydrogen-bond acceptors (Lipinski definition) is 3. The van der Waals surface area contributed by atoms with Crippen LogP contribution >= 0.6 is 0 Å². The van der Waals surface area contributed by atoms with Crippen LogP contribution in [0, 0.1) is 0 Å². The number of carbonyl (C=O) groups is 1. The molecule has 4 rings (SSSR count). The van der Waals surface area contributed by atoms with Crippen molar-refractivity contribution >= 4 is 22.8 Å². The molecule has 142 valence electrons. The number of hydrogen-bond donors (Lipinski definition) is 0. The van der Waals surface area contributed by atoms with Crippen molar-refractivity contribution in [1.82, 2.24) is 4.98 Å². The molecule has 4 aromatic rings. The summed E-state index contributed by atoms with van der Waals surface area (Å²) in [4.78, 5) is 17.1. The van der Waals surface area contributed by atoms with Gasteiger partial charge in [-0.15, -0.1) is 0 Å². The van der Waals surface area contributed by atoms with Crippen LogP contribution in [0.2, 0.25) is 0 Å². The van der Waals surface area contributed by atoms with Gasteiger partial charge in [-0.1, -0.05) is 48.5 Å². The number of benzene rings is 3. The molecule has 29 heavy (non-hydrogen) atoms. The highest BCUT2D eigenvalue weighted by atomic mass is 16.5. The highest BCUT2D eigenvalue weighted by molar-refractivity contribution is 6.07. The first-order valence-electron chi connectivity index (χ1n) is 9.64. The van der Waals surface area contributed by atoms with Crippen molar-refractivity contribution in [3.8, 4) is 16.9 Å². The van der Waals surface area contributed by atoms with E-state index in [0.29, 0.717) is 12.2 Å². The third-order valence-electron chi connectivity index (χ3n) is 4.76. The molecule has 0 aliphatic heterocycles. The number of para-hydroxylation sites is 1. The van der Waals surface area contributed by atoms with Crippen LogP contribution in [0.4, 0.5) is 0 Å². The van der Waals surface area contributed by atoms with Crippen LogP contribution in [-0.2, 0) is 0 Å². The molecule has 0 saturated heterocycles. The summed E-state index contributed by atoms with van der Waals surface area (Å²) in [5.41, 5.74) is 4.75. The van der Waals surface area contributed by atoms with Gasteiger partial charge in [-0.2, -0.15) is 0 Å². The van der Waals surface area contributed by atoms with Crippen LogP contribution in [0.3, 0.4) is 0 Å². The minimum atomic E-state index is -0.0394. The van der Waals surface area contributed by atoms with Gasteiger partial charge in [0, 0.05) is 17.1 Å². The van der Waals surface area contributed by atoms with Crippen LogP contribution in [-0.4, -0.2) is 17.4 Å². The van der Waals surface area contributed by atoms with Gasteiger partial charge in [0.2, 0.25) is 0 Å². The van der Waals surface area contributed by atoms with Crippen molar-refractivity contribution in [1.29, 1.82) is 0 Å². The van der Waals surface area contributed by atoms with Crippen LogP contribution in [0.25, 0.3) is 28.1 Å². The summed E-state index contributed by atoms with van der Waals surface area (Å²) in [6, 6.07) is 25.4. The number of rotatable bonds is 6. The largest absolute Gasteiger partial charge is 0.494 e. The molecule has 1 heterocycles. The summed E-state index contributed by atoms with van der Waals surface area (Å²) in [6.07, 6.45) is 5.32. The Kier molecular flexibility index (Phi) is 5.48. The van der Waals surface area contributed by atoms with Crippen molar-refractivity contribution in [2.24, 2.45) is 0 Å². The molecule has 1 aromatic heterocycles. The summed E-state index contributed by atoms with van der Waals surface area (Å²) >= 11 is 0. The molecule has 0 N–H and O–H groups in total. The van der Waals surface area contributed by atoms with Gasteiger partial charge in [-0.05, 0) is 66.1 Å². The third-order valence-corrected chi connectivity index (χ3v) is 4.76. The molecule has 0 aliphatic rings. The number of nitrogens with zero attached hydrogens (tertiary/aromatic N) is 1.